The van der Waals surface area contributed by atoms with Crippen molar-refractivity contribution in [1.82, 2.24) is 10.0 Å². The van der Waals surface area contributed by atoms with Gasteiger partial charge < -0.3 is 5.32 Å². The van der Waals surface area contributed by atoms with Crippen molar-refractivity contribution >= 4 is 21.4 Å². The van der Waals surface area contributed by atoms with Gasteiger partial charge in [-0.05, 0) is 52.4 Å². The zero-order valence-corrected chi connectivity index (χ0v) is 13.0. The van der Waals surface area contributed by atoms with E-state index < -0.39 is 10.0 Å². The summed E-state index contributed by atoms with van der Waals surface area (Å²) in [4.78, 5) is 2.64. The van der Waals surface area contributed by atoms with Crippen molar-refractivity contribution in [2.24, 2.45) is 0 Å². The maximum atomic E-state index is 11.2. The predicted octanol–water partition coefficient (Wildman–Crippen LogP) is 1.95. The van der Waals surface area contributed by atoms with Crippen LogP contribution in [0.3, 0.4) is 0 Å². The van der Waals surface area contributed by atoms with Crippen LogP contribution in [0.4, 0.5) is 0 Å². The molecule has 1 rings (SSSR count). The molecule has 0 amide bonds. The van der Waals surface area contributed by atoms with Gasteiger partial charge in [0, 0.05) is 15.8 Å². The number of aryl methyl sites for hydroxylation is 2. The Labute approximate surface area is 114 Å². The van der Waals surface area contributed by atoms with Crippen molar-refractivity contribution in [2.45, 2.75) is 33.2 Å². The summed E-state index contributed by atoms with van der Waals surface area (Å²) in [5.41, 5.74) is 1.31. The average Bonchev–Trinajstić information content (AvgIpc) is 2.64. The Bertz CT molecular complexity index is 480. The van der Waals surface area contributed by atoms with E-state index in [2.05, 4.69) is 36.9 Å². The highest BCUT2D eigenvalue weighted by molar-refractivity contribution is 7.89. The third-order valence-electron chi connectivity index (χ3n) is 2.90. The van der Waals surface area contributed by atoms with E-state index in [1.165, 1.54) is 22.4 Å². The minimum Gasteiger partial charge on any atom is -0.310 e. The van der Waals surface area contributed by atoms with Crippen molar-refractivity contribution in [2.75, 3.05) is 19.3 Å². The molecule has 1 heterocycles. The molecule has 6 heteroatoms. The summed E-state index contributed by atoms with van der Waals surface area (Å²) in [6.07, 6.45) is 0.621. The number of nitrogens with one attached hydrogen (secondary N) is 2. The van der Waals surface area contributed by atoms with E-state index >= 15 is 0 Å². The SMILES string of the molecule is CNS(=O)(=O)CCCN[C@@H](C)c1cc(C)sc1C. The van der Waals surface area contributed by atoms with Crippen molar-refractivity contribution in [3.05, 3.63) is 21.4 Å². The molecule has 0 saturated heterocycles. The molecule has 0 saturated carbocycles. The van der Waals surface area contributed by atoms with Gasteiger partial charge in [-0.2, -0.15) is 0 Å². The van der Waals surface area contributed by atoms with Crippen LogP contribution >= 0.6 is 11.3 Å². The summed E-state index contributed by atoms with van der Waals surface area (Å²) in [7, 11) is -1.63. The molecule has 2 N–H and O–H groups in total. The van der Waals surface area contributed by atoms with Crippen LogP contribution < -0.4 is 10.0 Å². The third kappa shape index (κ3) is 4.68. The number of rotatable bonds is 7. The molecule has 0 unspecified atom stereocenters. The number of hydrogen-bond acceptors (Lipinski definition) is 4. The fourth-order valence-electron chi connectivity index (χ4n) is 1.87. The Kier molecular flexibility index (Phi) is 5.78. The van der Waals surface area contributed by atoms with E-state index in [4.69, 9.17) is 0 Å². The first-order valence-electron chi connectivity index (χ1n) is 6.07. The quantitative estimate of drug-likeness (QED) is 0.755. The molecule has 0 radical (unpaired) electrons. The molecule has 0 aliphatic carbocycles. The van der Waals surface area contributed by atoms with Crippen LogP contribution in [0, 0.1) is 13.8 Å². The molecule has 1 atom stereocenters. The minimum atomic E-state index is -3.07. The molecule has 0 bridgehead atoms. The Balaban J connectivity index is 2.38. The van der Waals surface area contributed by atoms with Crippen LogP contribution in [0.1, 0.15) is 34.7 Å². The first kappa shape index (κ1) is 15.6. The molecule has 0 fully saturated rings. The highest BCUT2D eigenvalue weighted by Gasteiger charge is 2.11. The second-order valence-electron chi connectivity index (χ2n) is 4.42. The molecule has 0 aliphatic rings. The first-order chi connectivity index (χ1) is 8.35. The average molecular weight is 290 g/mol. The van der Waals surface area contributed by atoms with E-state index in [0.717, 1.165) is 0 Å². The molecule has 104 valence electrons. The normalized spacial score (nSPS) is 13.8. The number of thiophene rings is 1. The van der Waals surface area contributed by atoms with E-state index in [0.29, 0.717) is 13.0 Å². The summed E-state index contributed by atoms with van der Waals surface area (Å²) < 4.78 is 24.8. The summed E-state index contributed by atoms with van der Waals surface area (Å²) in [5, 5.41) is 3.36. The smallest absolute Gasteiger partial charge is 0.211 e. The number of hydrogen-bond donors (Lipinski definition) is 2. The zero-order chi connectivity index (χ0) is 13.8. The standard InChI is InChI=1S/C12H22N2O2S2/c1-9-8-12(11(3)17-9)10(2)14-6-5-7-18(15,16)13-4/h8,10,13-14H,5-7H2,1-4H3/t10-/m0/s1. The van der Waals surface area contributed by atoms with Crippen LogP contribution in [0.5, 0.6) is 0 Å². The van der Waals surface area contributed by atoms with Crippen LogP contribution in [0.2, 0.25) is 0 Å². The second kappa shape index (κ2) is 6.65. The summed E-state index contributed by atoms with van der Waals surface area (Å²) in [6.45, 7) is 7.04. The lowest BCUT2D eigenvalue weighted by Crippen LogP contribution is -2.26. The molecular formula is C12H22N2O2S2. The maximum Gasteiger partial charge on any atom is 0.211 e. The van der Waals surface area contributed by atoms with Gasteiger partial charge in [-0.3, -0.25) is 0 Å². The Morgan fingerprint density at radius 3 is 2.56 bits per heavy atom. The fourth-order valence-corrected chi connectivity index (χ4v) is 3.62. The van der Waals surface area contributed by atoms with Gasteiger partial charge in [-0.15, -0.1) is 11.3 Å². The highest BCUT2D eigenvalue weighted by atomic mass is 32.2. The summed E-state index contributed by atoms with van der Waals surface area (Å²) in [6, 6.07) is 2.47. The molecule has 0 aliphatic heterocycles. The Morgan fingerprint density at radius 2 is 2.06 bits per heavy atom. The lowest BCUT2D eigenvalue weighted by atomic mass is 10.1. The van der Waals surface area contributed by atoms with Gasteiger partial charge in [0.15, 0.2) is 0 Å². The van der Waals surface area contributed by atoms with E-state index in [-0.39, 0.29) is 11.8 Å². The van der Waals surface area contributed by atoms with Gasteiger partial charge in [0.25, 0.3) is 0 Å². The molecule has 1 aromatic rings. The lowest BCUT2D eigenvalue weighted by Gasteiger charge is -2.13. The fraction of sp³-hybridized carbons (Fsp3) is 0.667. The van der Waals surface area contributed by atoms with Gasteiger partial charge >= 0.3 is 0 Å². The van der Waals surface area contributed by atoms with Gasteiger partial charge in [0.1, 0.15) is 0 Å². The third-order valence-corrected chi connectivity index (χ3v) is 5.33. The molecular weight excluding hydrogens is 268 g/mol. The van der Waals surface area contributed by atoms with E-state index in [1.54, 1.807) is 11.3 Å². The van der Waals surface area contributed by atoms with Crippen molar-refractivity contribution in [3.8, 4) is 0 Å². The lowest BCUT2D eigenvalue weighted by molar-refractivity contribution is 0.557. The maximum absolute atomic E-state index is 11.2. The van der Waals surface area contributed by atoms with Crippen LogP contribution in [-0.4, -0.2) is 27.8 Å². The highest BCUT2D eigenvalue weighted by Crippen LogP contribution is 2.25. The van der Waals surface area contributed by atoms with Gasteiger partial charge in [-0.25, -0.2) is 13.1 Å². The Morgan fingerprint density at radius 1 is 1.39 bits per heavy atom. The second-order valence-corrected chi connectivity index (χ2v) is 7.93. The topological polar surface area (TPSA) is 58.2 Å². The monoisotopic (exact) mass is 290 g/mol. The number of sulfonamides is 1. The minimum absolute atomic E-state index is 0.171. The molecule has 0 aromatic carbocycles. The molecule has 4 nitrogen and oxygen atoms in total. The largest absolute Gasteiger partial charge is 0.310 e. The predicted molar refractivity (Wildman–Crippen MR) is 77.7 cm³/mol. The van der Waals surface area contributed by atoms with E-state index in [9.17, 15) is 8.42 Å². The summed E-state index contributed by atoms with van der Waals surface area (Å²) >= 11 is 1.80. The van der Waals surface area contributed by atoms with Crippen LogP contribution in [0.25, 0.3) is 0 Å². The summed E-state index contributed by atoms with van der Waals surface area (Å²) in [5.74, 6) is 0.171. The van der Waals surface area contributed by atoms with Crippen LogP contribution in [0.15, 0.2) is 6.07 Å². The molecule has 18 heavy (non-hydrogen) atoms. The zero-order valence-electron chi connectivity index (χ0n) is 11.4. The first-order valence-corrected chi connectivity index (χ1v) is 8.54. The van der Waals surface area contributed by atoms with Crippen molar-refractivity contribution in [3.63, 3.8) is 0 Å². The van der Waals surface area contributed by atoms with Gasteiger partial charge in [-0.1, -0.05) is 0 Å². The van der Waals surface area contributed by atoms with Crippen LogP contribution in [-0.2, 0) is 10.0 Å². The van der Waals surface area contributed by atoms with Gasteiger partial charge in [0.2, 0.25) is 10.0 Å². The Hall–Kier alpha value is -0.430. The van der Waals surface area contributed by atoms with E-state index in [1.807, 2.05) is 0 Å². The van der Waals surface area contributed by atoms with Crippen molar-refractivity contribution in [1.29, 1.82) is 0 Å². The van der Waals surface area contributed by atoms with Crippen molar-refractivity contribution < 1.29 is 8.42 Å². The molecule has 1 aromatic heterocycles. The van der Waals surface area contributed by atoms with Gasteiger partial charge in [0.05, 0.1) is 5.75 Å². The molecule has 0 spiro atoms.